The van der Waals surface area contributed by atoms with E-state index in [2.05, 4.69) is 41.5 Å². The van der Waals surface area contributed by atoms with Crippen molar-refractivity contribution in [3.8, 4) is 0 Å². The van der Waals surface area contributed by atoms with Crippen LogP contribution in [0, 0.1) is 0 Å². The number of aromatic nitrogens is 1. The van der Waals surface area contributed by atoms with E-state index < -0.39 is 0 Å². The van der Waals surface area contributed by atoms with Crippen molar-refractivity contribution in [2.75, 3.05) is 6.54 Å². The average Bonchev–Trinajstić information content (AvgIpc) is 3.14. The Morgan fingerprint density at radius 2 is 2.11 bits per heavy atom. The zero-order valence-corrected chi connectivity index (χ0v) is 12.1. The molecule has 19 heavy (non-hydrogen) atoms. The lowest BCUT2D eigenvalue weighted by Gasteiger charge is -2.10. The lowest BCUT2D eigenvalue weighted by molar-refractivity contribution is 0.613. The number of benzene rings is 1. The number of hydrogen-bond donors (Lipinski definition) is 1. The summed E-state index contributed by atoms with van der Waals surface area (Å²) >= 11 is 1.74. The van der Waals surface area contributed by atoms with Gasteiger partial charge in [-0.2, -0.15) is 0 Å². The SMILES string of the molecule is CC(CNCc1ccc(C2CC2)cc1)c1nccs1. The highest BCUT2D eigenvalue weighted by Gasteiger charge is 2.22. The molecule has 1 aliphatic carbocycles. The van der Waals surface area contributed by atoms with Gasteiger partial charge in [0.1, 0.15) is 0 Å². The van der Waals surface area contributed by atoms with Gasteiger partial charge >= 0.3 is 0 Å². The second-order valence-corrected chi connectivity index (χ2v) is 6.34. The van der Waals surface area contributed by atoms with E-state index in [1.54, 1.807) is 11.3 Å². The van der Waals surface area contributed by atoms with Crippen LogP contribution in [0.15, 0.2) is 35.8 Å². The van der Waals surface area contributed by atoms with E-state index in [0.29, 0.717) is 5.92 Å². The Bertz CT molecular complexity index is 500. The van der Waals surface area contributed by atoms with Gasteiger partial charge in [-0.25, -0.2) is 4.98 Å². The van der Waals surface area contributed by atoms with E-state index in [1.165, 1.54) is 29.0 Å². The van der Waals surface area contributed by atoms with E-state index in [9.17, 15) is 0 Å². The molecule has 1 aromatic carbocycles. The molecule has 1 heterocycles. The summed E-state index contributed by atoms with van der Waals surface area (Å²) in [6.45, 7) is 4.15. The third-order valence-electron chi connectivity index (χ3n) is 3.68. The van der Waals surface area contributed by atoms with E-state index in [1.807, 2.05) is 11.6 Å². The standard InChI is InChI=1S/C16H20N2S/c1-12(16-18-8-9-19-16)10-17-11-13-2-4-14(5-3-13)15-6-7-15/h2-5,8-9,12,15,17H,6-7,10-11H2,1H3. The molecule has 0 radical (unpaired) electrons. The Hall–Kier alpha value is -1.19. The highest BCUT2D eigenvalue weighted by atomic mass is 32.1. The van der Waals surface area contributed by atoms with Gasteiger partial charge in [-0.3, -0.25) is 0 Å². The molecular weight excluding hydrogens is 252 g/mol. The van der Waals surface area contributed by atoms with Crippen LogP contribution in [0.1, 0.15) is 47.7 Å². The Kier molecular flexibility index (Phi) is 3.95. The van der Waals surface area contributed by atoms with Crippen molar-refractivity contribution in [1.82, 2.24) is 10.3 Å². The molecule has 2 nitrogen and oxygen atoms in total. The summed E-state index contributed by atoms with van der Waals surface area (Å²) in [5, 5.41) is 6.78. The van der Waals surface area contributed by atoms with Gasteiger partial charge in [0, 0.05) is 30.6 Å². The van der Waals surface area contributed by atoms with Crippen LogP contribution in [0.5, 0.6) is 0 Å². The van der Waals surface area contributed by atoms with Crippen molar-refractivity contribution >= 4 is 11.3 Å². The first-order valence-corrected chi connectivity index (χ1v) is 7.90. The molecular formula is C16H20N2S. The second-order valence-electron chi connectivity index (χ2n) is 5.42. The van der Waals surface area contributed by atoms with Crippen molar-refractivity contribution in [3.63, 3.8) is 0 Å². The molecule has 0 saturated heterocycles. The minimum Gasteiger partial charge on any atom is -0.312 e. The van der Waals surface area contributed by atoms with E-state index in [4.69, 9.17) is 0 Å². The summed E-state index contributed by atoms with van der Waals surface area (Å²) in [4.78, 5) is 4.36. The maximum Gasteiger partial charge on any atom is 0.0965 e. The molecule has 0 aliphatic heterocycles. The molecule has 2 aromatic rings. The number of hydrogen-bond acceptors (Lipinski definition) is 3. The zero-order valence-electron chi connectivity index (χ0n) is 11.3. The minimum atomic E-state index is 0.491. The summed E-state index contributed by atoms with van der Waals surface area (Å²) in [5.74, 6) is 1.35. The molecule has 100 valence electrons. The third-order valence-corrected chi connectivity index (χ3v) is 4.69. The molecule has 1 fully saturated rings. The fourth-order valence-corrected chi connectivity index (χ4v) is 3.02. The molecule has 3 heteroatoms. The summed E-state index contributed by atoms with van der Waals surface area (Å²) in [6.07, 6.45) is 4.64. The first kappa shape index (κ1) is 12.8. The molecule has 1 unspecified atom stereocenters. The first-order chi connectivity index (χ1) is 9.33. The molecule has 3 rings (SSSR count). The molecule has 0 spiro atoms. The number of nitrogens with zero attached hydrogens (tertiary/aromatic N) is 1. The van der Waals surface area contributed by atoms with Gasteiger partial charge in [-0.1, -0.05) is 31.2 Å². The monoisotopic (exact) mass is 272 g/mol. The smallest absolute Gasteiger partial charge is 0.0965 e. The minimum absolute atomic E-state index is 0.491. The van der Waals surface area contributed by atoms with Gasteiger partial charge in [-0.15, -0.1) is 11.3 Å². The van der Waals surface area contributed by atoms with Crippen molar-refractivity contribution in [1.29, 1.82) is 0 Å². The van der Waals surface area contributed by atoms with E-state index in [-0.39, 0.29) is 0 Å². The van der Waals surface area contributed by atoms with Crippen LogP contribution in [0.3, 0.4) is 0 Å². The van der Waals surface area contributed by atoms with Gasteiger partial charge in [-0.05, 0) is 29.9 Å². The fraction of sp³-hybridized carbons (Fsp3) is 0.438. The van der Waals surface area contributed by atoms with Crippen molar-refractivity contribution in [2.24, 2.45) is 0 Å². The van der Waals surface area contributed by atoms with E-state index >= 15 is 0 Å². The quantitative estimate of drug-likeness (QED) is 0.862. The Balaban J connectivity index is 1.46. The highest BCUT2D eigenvalue weighted by Crippen LogP contribution is 2.39. The van der Waals surface area contributed by atoms with Crippen molar-refractivity contribution in [3.05, 3.63) is 52.0 Å². The van der Waals surface area contributed by atoms with Crippen LogP contribution in [0.2, 0.25) is 0 Å². The predicted octanol–water partition coefficient (Wildman–Crippen LogP) is 3.91. The average molecular weight is 272 g/mol. The normalized spacial score (nSPS) is 16.5. The molecule has 0 amide bonds. The molecule has 1 N–H and O–H groups in total. The lowest BCUT2D eigenvalue weighted by atomic mass is 10.1. The van der Waals surface area contributed by atoms with Gasteiger partial charge in [0.2, 0.25) is 0 Å². The molecule has 1 aliphatic rings. The van der Waals surface area contributed by atoms with Crippen LogP contribution in [-0.4, -0.2) is 11.5 Å². The lowest BCUT2D eigenvalue weighted by Crippen LogP contribution is -2.19. The second kappa shape index (κ2) is 5.85. The zero-order chi connectivity index (χ0) is 13.1. The van der Waals surface area contributed by atoms with Crippen molar-refractivity contribution < 1.29 is 0 Å². The maximum atomic E-state index is 4.36. The van der Waals surface area contributed by atoms with E-state index in [0.717, 1.165) is 19.0 Å². The third kappa shape index (κ3) is 3.43. The number of nitrogens with one attached hydrogen (secondary N) is 1. The van der Waals surface area contributed by atoms with Crippen molar-refractivity contribution in [2.45, 2.75) is 38.1 Å². The molecule has 0 bridgehead atoms. The summed E-state index contributed by atoms with van der Waals surface area (Å²) < 4.78 is 0. The van der Waals surface area contributed by atoms with Gasteiger partial charge in [0.25, 0.3) is 0 Å². The van der Waals surface area contributed by atoms with Gasteiger partial charge in [0.15, 0.2) is 0 Å². The number of rotatable bonds is 6. The molecule has 1 saturated carbocycles. The highest BCUT2D eigenvalue weighted by molar-refractivity contribution is 7.09. The largest absolute Gasteiger partial charge is 0.312 e. The first-order valence-electron chi connectivity index (χ1n) is 7.02. The van der Waals surface area contributed by atoms with Gasteiger partial charge < -0.3 is 5.32 Å². The van der Waals surface area contributed by atoms with Crippen LogP contribution in [-0.2, 0) is 6.54 Å². The summed E-state index contributed by atoms with van der Waals surface area (Å²) in [6, 6.07) is 9.10. The van der Waals surface area contributed by atoms with Crippen LogP contribution < -0.4 is 5.32 Å². The predicted molar refractivity (Wildman–Crippen MR) is 80.7 cm³/mol. The maximum absolute atomic E-state index is 4.36. The molecule has 1 atom stereocenters. The number of thiazole rings is 1. The Labute approximate surface area is 118 Å². The summed E-state index contributed by atoms with van der Waals surface area (Å²) in [5.41, 5.74) is 2.88. The van der Waals surface area contributed by atoms with Crippen LogP contribution >= 0.6 is 11.3 Å². The Morgan fingerprint density at radius 3 is 2.74 bits per heavy atom. The Morgan fingerprint density at radius 1 is 1.32 bits per heavy atom. The summed E-state index contributed by atoms with van der Waals surface area (Å²) in [7, 11) is 0. The molecule has 1 aromatic heterocycles. The fourth-order valence-electron chi connectivity index (χ4n) is 2.32. The van der Waals surface area contributed by atoms with Crippen LogP contribution in [0.4, 0.5) is 0 Å². The topological polar surface area (TPSA) is 24.9 Å². The van der Waals surface area contributed by atoms with Gasteiger partial charge in [0.05, 0.1) is 5.01 Å². The van der Waals surface area contributed by atoms with Crippen LogP contribution in [0.25, 0.3) is 0 Å².